The van der Waals surface area contributed by atoms with Gasteiger partial charge in [0, 0.05) is 11.6 Å². The molecule has 1 unspecified atom stereocenters. The first-order valence-corrected chi connectivity index (χ1v) is 7.60. The number of amides is 2. The fourth-order valence-corrected chi connectivity index (χ4v) is 3.09. The second kappa shape index (κ2) is 4.99. The molecule has 7 nitrogen and oxygen atoms in total. The van der Waals surface area contributed by atoms with E-state index in [1.54, 1.807) is 41.2 Å². The lowest BCUT2D eigenvalue weighted by atomic mass is 10.1. The topological polar surface area (TPSA) is 78.5 Å². The van der Waals surface area contributed by atoms with Crippen molar-refractivity contribution >= 4 is 28.8 Å². The average Bonchev–Trinajstić information content (AvgIpc) is 3.15. The molecule has 0 aliphatic carbocycles. The van der Waals surface area contributed by atoms with Crippen LogP contribution < -0.4 is 5.63 Å². The summed E-state index contributed by atoms with van der Waals surface area (Å²) >= 11 is 1.54. The Labute approximate surface area is 128 Å². The monoisotopic (exact) mass is 314 g/mol. The van der Waals surface area contributed by atoms with Crippen molar-refractivity contribution in [3.05, 3.63) is 57.9 Å². The Morgan fingerprint density at radius 2 is 2.14 bits per heavy atom. The molecule has 3 heterocycles. The molecular formula is C14H10N4O3S. The lowest BCUT2D eigenvalue weighted by molar-refractivity contribution is 0.0590. The number of rotatable bonds is 2. The van der Waals surface area contributed by atoms with Crippen LogP contribution in [-0.4, -0.2) is 21.9 Å². The lowest BCUT2D eigenvalue weighted by Gasteiger charge is -2.29. The highest BCUT2D eigenvalue weighted by Crippen LogP contribution is 2.32. The van der Waals surface area contributed by atoms with E-state index >= 15 is 0 Å². The molecule has 2 amide bonds. The predicted octanol–water partition coefficient (Wildman–Crippen LogP) is 3.07. The molecule has 8 heteroatoms. The summed E-state index contributed by atoms with van der Waals surface area (Å²) in [5.41, 5.74) is 0.275. The SMILES string of the molecule is O=C1N=NC(c2cc3ccccc3oc2=O)N1N1C=CSC1. The molecule has 22 heavy (non-hydrogen) atoms. The van der Waals surface area contributed by atoms with E-state index in [0.29, 0.717) is 17.0 Å². The largest absolute Gasteiger partial charge is 0.422 e. The van der Waals surface area contributed by atoms with E-state index in [9.17, 15) is 9.59 Å². The molecule has 0 spiro atoms. The van der Waals surface area contributed by atoms with E-state index in [-0.39, 0.29) is 0 Å². The Morgan fingerprint density at radius 1 is 1.27 bits per heavy atom. The standard InChI is InChI=1S/C14H10N4O3S/c19-13-10(7-9-3-1-2-4-11(9)21-13)12-15-16-14(20)18(12)17-5-6-22-8-17/h1-7,12H,8H2. The maximum absolute atomic E-state index is 12.2. The maximum Gasteiger partial charge on any atom is 0.383 e. The molecule has 2 aliphatic heterocycles. The fourth-order valence-electron chi connectivity index (χ4n) is 2.42. The zero-order valence-electron chi connectivity index (χ0n) is 11.2. The van der Waals surface area contributed by atoms with Gasteiger partial charge in [-0.2, -0.15) is 5.11 Å². The first kappa shape index (κ1) is 13.1. The highest BCUT2D eigenvalue weighted by atomic mass is 32.2. The number of hydrogen-bond donors (Lipinski definition) is 0. The Balaban J connectivity index is 1.81. The number of urea groups is 1. The average molecular weight is 314 g/mol. The van der Waals surface area contributed by atoms with Crippen LogP contribution in [-0.2, 0) is 0 Å². The molecule has 110 valence electrons. The van der Waals surface area contributed by atoms with Crippen LogP contribution in [0.5, 0.6) is 0 Å². The third kappa shape index (κ3) is 2.00. The number of hydrazine groups is 1. The van der Waals surface area contributed by atoms with E-state index < -0.39 is 17.8 Å². The number of fused-ring (bicyclic) bond motifs is 1. The molecule has 2 aromatic rings. The van der Waals surface area contributed by atoms with Gasteiger partial charge in [0.05, 0.1) is 11.4 Å². The smallest absolute Gasteiger partial charge is 0.383 e. The zero-order valence-corrected chi connectivity index (χ0v) is 12.1. The Morgan fingerprint density at radius 3 is 2.95 bits per heavy atom. The number of carbonyl (C=O) groups excluding carboxylic acids is 1. The van der Waals surface area contributed by atoms with Crippen LogP contribution in [0, 0.1) is 0 Å². The minimum absolute atomic E-state index is 0.290. The second-order valence-corrected chi connectivity index (χ2v) is 5.63. The van der Waals surface area contributed by atoms with Crippen LogP contribution in [0.25, 0.3) is 11.0 Å². The molecule has 0 fully saturated rings. The van der Waals surface area contributed by atoms with Gasteiger partial charge in [-0.1, -0.05) is 23.3 Å². The molecular weight excluding hydrogens is 304 g/mol. The van der Waals surface area contributed by atoms with E-state index in [1.165, 1.54) is 5.01 Å². The normalized spacial score (nSPS) is 20.5. The summed E-state index contributed by atoms with van der Waals surface area (Å²) in [6.45, 7) is 0. The van der Waals surface area contributed by atoms with Crippen molar-refractivity contribution in [1.82, 2.24) is 10.0 Å². The summed E-state index contributed by atoms with van der Waals surface area (Å²) in [6.07, 6.45) is 0.964. The van der Waals surface area contributed by atoms with Crippen LogP contribution in [0.4, 0.5) is 4.79 Å². The van der Waals surface area contributed by atoms with Gasteiger partial charge in [-0.05, 0) is 17.5 Å². The van der Waals surface area contributed by atoms with Gasteiger partial charge >= 0.3 is 11.7 Å². The number of hydrogen-bond acceptors (Lipinski definition) is 6. The molecule has 0 bridgehead atoms. The van der Waals surface area contributed by atoms with Gasteiger partial charge in [0.25, 0.3) is 0 Å². The van der Waals surface area contributed by atoms with Gasteiger partial charge in [0.15, 0.2) is 6.17 Å². The van der Waals surface area contributed by atoms with Crippen molar-refractivity contribution < 1.29 is 9.21 Å². The van der Waals surface area contributed by atoms with Gasteiger partial charge in [-0.25, -0.2) is 14.6 Å². The van der Waals surface area contributed by atoms with Crippen molar-refractivity contribution in [3.8, 4) is 0 Å². The first-order chi connectivity index (χ1) is 10.7. The number of benzene rings is 1. The highest BCUT2D eigenvalue weighted by molar-refractivity contribution is 8.02. The van der Waals surface area contributed by atoms with Crippen LogP contribution in [0.2, 0.25) is 0 Å². The van der Waals surface area contributed by atoms with E-state index in [4.69, 9.17) is 4.42 Å². The fraction of sp³-hybridized carbons (Fsp3) is 0.143. The first-order valence-electron chi connectivity index (χ1n) is 6.56. The minimum Gasteiger partial charge on any atom is -0.422 e. The Bertz CT molecular complexity index is 876. The van der Waals surface area contributed by atoms with E-state index in [2.05, 4.69) is 10.2 Å². The van der Waals surface area contributed by atoms with Crippen LogP contribution >= 0.6 is 11.8 Å². The summed E-state index contributed by atoms with van der Waals surface area (Å²) < 4.78 is 5.31. The molecule has 0 N–H and O–H groups in total. The van der Waals surface area contributed by atoms with Crippen molar-refractivity contribution in [3.63, 3.8) is 0 Å². The summed E-state index contributed by atoms with van der Waals surface area (Å²) in [5, 5.41) is 13.2. The minimum atomic E-state index is -0.795. The van der Waals surface area contributed by atoms with Crippen LogP contribution in [0.3, 0.4) is 0 Å². The maximum atomic E-state index is 12.2. The van der Waals surface area contributed by atoms with Gasteiger partial charge in [-0.15, -0.1) is 11.8 Å². The summed E-state index contributed by atoms with van der Waals surface area (Å²) in [7, 11) is 0. The molecule has 0 saturated heterocycles. The number of carbonyl (C=O) groups is 1. The molecule has 2 aliphatic rings. The van der Waals surface area contributed by atoms with Crippen molar-refractivity contribution in [1.29, 1.82) is 0 Å². The third-order valence-corrected chi connectivity index (χ3v) is 4.17. The third-order valence-electron chi connectivity index (χ3n) is 3.44. The summed E-state index contributed by atoms with van der Waals surface area (Å²) in [5.74, 6) is 0.576. The number of azo groups is 1. The Hall–Kier alpha value is -2.61. The molecule has 1 aromatic carbocycles. The number of thioether (sulfide) groups is 1. The van der Waals surface area contributed by atoms with Crippen LogP contribution in [0.15, 0.2) is 61.4 Å². The molecule has 0 radical (unpaired) electrons. The summed E-state index contributed by atoms with van der Waals surface area (Å²) in [4.78, 5) is 24.2. The molecule has 1 aromatic heterocycles. The molecule has 4 rings (SSSR count). The highest BCUT2D eigenvalue weighted by Gasteiger charge is 2.37. The van der Waals surface area contributed by atoms with Crippen LogP contribution in [0.1, 0.15) is 11.7 Å². The van der Waals surface area contributed by atoms with Crippen molar-refractivity contribution in [2.75, 3.05) is 5.88 Å². The summed E-state index contributed by atoms with van der Waals surface area (Å²) in [6, 6.07) is 8.41. The zero-order chi connectivity index (χ0) is 15.1. The van der Waals surface area contributed by atoms with Gasteiger partial charge in [-0.3, -0.25) is 5.01 Å². The van der Waals surface area contributed by atoms with Crippen molar-refractivity contribution in [2.45, 2.75) is 6.17 Å². The lowest BCUT2D eigenvalue weighted by Crippen LogP contribution is -2.41. The molecule has 0 saturated carbocycles. The molecule has 1 atom stereocenters. The number of para-hydroxylation sites is 1. The van der Waals surface area contributed by atoms with Gasteiger partial charge < -0.3 is 4.42 Å². The van der Waals surface area contributed by atoms with Crippen molar-refractivity contribution in [2.24, 2.45) is 10.2 Å². The number of nitrogens with zero attached hydrogens (tertiary/aromatic N) is 4. The predicted molar refractivity (Wildman–Crippen MR) is 80.8 cm³/mol. The Kier molecular flexibility index (Phi) is 2.97. The second-order valence-electron chi connectivity index (χ2n) is 4.76. The van der Waals surface area contributed by atoms with E-state index in [1.807, 2.05) is 17.5 Å². The van der Waals surface area contributed by atoms with E-state index in [0.717, 1.165) is 5.39 Å². The van der Waals surface area contributed by atoms with Gasteiger partial charge in [0.1, 0.15) is 5.58 Å². The van der Waals surface area contributed by atoms with Gasteiger partial charge in [0.2, 0.25) is 0 Å². The quantitative estimate of drug-likeness (QED) is 0.796.